The van der Waals surface area contributed by atoms with Gasteiger partial charge in [0.15, 0.2) is 11.5 Å². The highest BCUT2D eigenvalue weighted by Crippen LogP contribution is 2.38. The first kappa shape index (κ1) is 11.7. The molecule has 1 aromatic carbocycles. The predicted octanol–water partition coefficient (Wildman–Crippen LogP) is 1.78. The number of hydrogen-bond donors (Lipinski definition) is 1. The van der Waals surface area contributed by atoms with Crippen LogP contribution >= 0.6 is 12.6 Å². The first-order valence-electron chi connectivity index (χ1n) is 4.17. The number of carbonyl (C=O) groups is 1. The van der Waals surface area contributed by atoms with Crippen molar-refractivity contribution >= 4 is 17.7 Å². The summed E-state index contributed by atoms with van der Waals surface area (Å²) in [6, 6.07) is 3.10. The second-order valence-corrected chi connectivity index (χ2v) is 3.13. The summed E-state index contributed by atoms with van der Waals surface area (Å²) in [5.74, 6) is 1.34. The van der Waals surface area contributed by atoms with Crippen LogP contribution in [0, 0.1) is 0 Å². The van der Waals surface area contributed by atoms with Crippen LogP contribution in [-0.4, -0.2) is 26.4 Å². The maximum Gasteiger partial charge on any atom is 0.216 e. The summed E-state index contributed by atoms with van der Waals surface area (Å²) in [6.07, 6.45) is 0. The number of ether oxygens (including phenoxy) is 3. The van der Waals surface area contributed by atoms with E-state index >= 15 is 0 Å². The zero-order valence-corrected chi connectivity index (χ0v) is 9.63. The first-order chi connectivity index (χ1) is 7.13. The Hall–Kier alpha value is -1.36. The smallest absolute Gasteiger partial charge is 0.216 e. The molecule has 0 saturated heterocycles. The molecule has 0 amide bonds. The molecule has 1 rings (SSSR count). The number of hydrogen-bond acceptors (Lipinski definition) is 4. The molecule has 0 aliphatic carbocycles. The number of rotatable bonds is 4. The lowest BCUT2D eigenvalue weighted by molar-refractivity contribution is 0.109. The van der Waals surface area contributed by atoms with Crippen LogP contribution in [0.25, 0.3) is 0 Å². The fraction of sp³-hybridized carbons (Fsp3) is 0.300. The molecule has 0 heterocycles. The van der Waals surface area contributed by atoms with Crippen molar-refractivity contribution in [2.45, 2.75) is 0 Å². The van der Waals surface area contributed by atoms with Crippen LogP contribution in [-0.2, 0) is 0 Å². The third-order valence-electron chi connectivity index (χ3n) is 1.91. The van der Waals surface area contributed by atoms with Gasteiger partial charge in [0.2, 0.25) is 10.9 Å². The van der Waals surface area contributed by atoms with Crippen molar-refractivity contribution in [3.05, 3.63) is 17.7 Å². The van der Waals surface area contributed by atoms with Crippen LogP contribution in [0.15, 0.2) is 12.1 Å². The number of carbonyl (C=O) groups excluding carboxylic acids is 1. The monoisotopic (exact) mass is 228 g/mol. The van der Waals surface area contributed by atoms with Crippen LogP contribution in [0.3, 0.4) is 0 Å². The van der Waals surface area contributed by atoms with E-state index in [2.05, 4.69) is 12.6 Å². The van der Waals surface area contributed by atoms with Crippen LogP contribution < -0.4 is 14.2 Å². The van der Waals surface area contributed by atoms with E-state index in [9.17, 15) is 4.79 Å². The highest BCUT2D eigenvalue weighted by molar-refractivity contribution is 7.97. The fourth-order valence-corrected chi connectivity index (χ4v) is 1.33. The zero-order chi connectivity index (χ0) is 11.4. The van der Waals surface area contributed by atoms with Gasteiger partial charge in [-0.15, -0.1) is 12.6 Å². The normalized spacial score (nSPS) is 9.60. The Kier molecular flexibility index (Phi) is 3.85. The Bertz CT molecular complexity index is 351. The Morgan fingerprint density at radius 2 is 1.53 bits per heavy atom. The highest BCUT2D eigenvalue weighted by atomic mass is 32.1. The van der Waals surface area contributed by atoms with Crippen molar-refractivity contribution < 1.29 is 19.0 Å². The molecule has 0 aromatic heterocycles. The topological polar surface area (TPSA) is 44.8 Å². The summed E-state index contributed by atoms with van der Waals surface area (Å²) in [6.45, 7) is 0. The minimum atomic E-state index is -0.353. The SMILES string of the molecule is COc1cc(C(=O)S)cc(OC)c1OC. The summed E-state index contributed by atoms with van der Waals surface area (Å²) < 4.78 is 15.3. The van der Waals surface area contributed by atoms with E-state index in [1.54, 1.807) is 12.1 Å². The highest BCUT2D eigenvalue weighted by Gasteiger charge is 2.14. The van der Waals surface area contributed by atoms with E-state index in [1.165, 1.54) is 21.3 Å². The van der Waals surface area contributed by atoms with E-state index < -0.39 is 0 Å². The Morgan fingerprint density at radius 3 is 1.80 bits per heavy atom. The van der Waals surface area contributed by atoms with Gasteiger partial charge >= 0.3 is 0 Å². The van der Waals surface area contributed by atoms with Crippen LogP contribution in [0.4, 0.5) is 0 Å². The Labute approximate surface area is 93.5 Å². The van der Waals surface area contributed by atoms with Gasteiger partial charge in [-0.3, -0.25) is 4.79 Å². The molecule has 0 atom stereocenters. The average Bonchev–Trinajstić information content (AvgIpc) is 2.26. The molecule has 82 valence electrons. The molecule has 0 bridgehead atoms. The van der Waals surface area contributed by atoms with Gasteiger partial charge in [0.1, 0.15) is 0 Å². The molecule has 0 N–H and O–H groups in total. The van der Waals surface area contributed by atoms with E-state index in [0.29, 0.717) is 22.8 Å². The molecule has 0 fully saturated rings. The van der Waals surface area contributed by atoms with Crippen LogP contribution in [0.1, 0.15) is 10.4 Å². The quantitative estimate of drug-likeness (QED) is 0.798. The molecule has 0 spiro atoms. The fourth-order valence-electron chi connectivity index (χ4n) is 1.20. The van der Waals surface area contributed by atoms with E-state index in [0.717, 1.165) is 0 Å². The van der Waals surface area contributed by atoms with Crippen molar-refractivity contribution in [1.82, 2.24) is 0 Å². The molecule has 0 unspecified atom stereocenters. The maximum absolute atomic E-state index is 11.1. The van der Waals surface area contributed by atoms with Crippen molar-refractivity contribution in [3.63, 3.8) is 0 Å². The second kappa shape index (κ2) is 4.93. The first-order valence-corrected chi connectivity index (χ1v) is 4.62. The van der Waals surface area contributed by atoms with Crippen LogP contribution in [0.2, 0.25) is 0 Å². The molecular formula is C10H12O4S. The summed E-state index contributed by atoms with van der Waals surface area (Å²) in [4.78, 5) is 11.1. The number of benzene rings is 1. The number of methoxy groups -OCH3 is 3. The Balaban J connectivity index is 3.35. The van der Waals surface area contributed by atoms with E-state index in [-0.39, 0.29) is 5.12 Å². The maximum atomic E-state index is 11.1. The van der Waals surface area contributed by atoms with Crippen molar-refractivity contribution in [2.75, 3.05) is 21.3 Å². The van der Waals surface area contributed by atoms with Crippen LogP contribution in [0.5, 0.6) is 17.2 Å². The molecule has 0 radical (unpaired) electrons. The summed E-state index contributed by atoms with van der Waals surface area (Å²) >= 11 is 3.73. The van der Waals surface area contributed by atoms with Gasteiger partial charge in [-0.25, -0.2) is 0 Å². The Morgan fingerprint density at radius 1 is 1.07 bits per heavy atom. The lowest BCUT2D eigenvalue weighted by atomic mass is 10.2. The van der Waals surface area contributed by atoms with Gasteiger partial charge in [0.05, 0.1) is 21.3 Å². The second-order valence-electron chi connectivity index (χ2n) is 2.72. The largest absolute Gasteiger partial charge is 0.493 e. The molecule has 4 nitrogen and oxygen atoms in total. The zero-order valence-electron chi connectivity index (χ0n) is 8.73. The van der Waals surface area contributed by atoms with Crippen molar-refractivity contribution in [1.29, 1.82) is 0 Å². The van der Waals surface area contributed by atoms with E-state index in [4.69, 9.17) is 14.2 Å². The van der Waals surface area contributed by atoms with Crippen molar-refractivity contribution in [2.24, 2.45) is 0 Å². The van der Waals surface area contributed by atoms with Gasteiger partial charge < -0.3 is 14.2 Å². The van der Waals surface area contributed by atoms with Gasteiger partial charge in [0.25, 0.3) is 0 Å². The lowest BCUT2D eigenvalue weighted by Crippen LogP contribution is -1.98. The molecule has 0 aliphatic heterocycles. The standard InChI is InChI=1S/C10H12O4S/c1-12-7-4-6(10(11)15)5-8(13-2)9(7)14-3/h4-5H,1-3H3,(H,11,15). The number of thiol groups is 1. The molecule has 5 heteroatoms. The summed E-state index contributed by atoms with van der Waals surface area (Å²) in [5.41, 5.74) is 0.396. The van der Waals surface area contributed by atoms with E-state index in [1.807, 2.05) is 0 Å². The average molecular weight is 228 g/mol. The minimum absolute atomic E-state index is 0.353. The predicted molar refractivity (Wildman–Crippen MR) is 59.4 cm³/mol. The van der Waals surface area contributed by atoms with Crippen molar-refractivity contribution in [3.8, 4) is 17.2 Å². The summed E-state index contributed by atoms with van der Waals surface area (Å²) in [7, 11) is 4.48. The van der Waals surface area contributed by atoms with Gasteiger partial charge in [-0.1, -0.05) is 0 Å². The third kappa shape index (κ3) is 2.36. The third-order valence-corrected chi connectivity index (χ3v) is 2.17. The van der Waals surface area contributed by atoms with Gasteiger partial charge in [-0.2, -0.15) is 0 Å². The molecular weight excluding hydrogens is 216 g/mol. The minimum Gasteiger partial charge on any atom is -0.493 e. The molecule has 15 heavy (non-hydrogen) atoms. The summed E-state index contributed by atoms with van der Waals surface area (Å²) in [5, 5.41) is -0.353. The molecule has 0 saturated carbocycles. The van der Waals surface area contributed by atoms with Gasteiger partial charge in [-0.05, 0) is 12.1 Å². The molecule has 0 aliphatic rings. The lowest BCUT2D eigenvalue weighted by Gasteiger charge is -2.12. The molecule has 1 aromatic rings. The van der Waals surface area contributed by atoms with Gasteiger partial charge in [0, 0.05) is 5.56 Å².